The van der Waals surface area contributed by atoms with Gasteiger partial charge in [0.2, 0.25) is 0 Å². The number of aryl methyl sites for hydroxylation is 2. The van der Waals surface area contributed by atoms with Crippen molar-refractivity contribution >= 4 is 34.5 Å². The average Bonchev–Trinajstić information content (AvgIpc) is 3.04. The largest absolute Gasteiger partial charge is 0.486 e. The number of fused-ring (bicyclic) bond motifs is 2. The minimum Gasteiger partial charge on any atom is -0.486 e. The highest BCUT2D eigenvalue weighted by atomic mass is 35.5. The van der Waals surface area contributed by atoms with Crippen molar-refractivity contribution in [3.05, 3.63) is 52.0 Å². The third kappa shape index (κ3) is 2.85. The molecule has 1 spiro atoms. The number of nitrogens with zero attached hydrogens (tertiary/aromatic N) is 2. The zero-order chi connectivity index (χ0) is 19.5. The number of Topliss-reactive ketones (excluding diaryl/α,β-unsaturated/α-hetero) is 1. The zero-order valence-electron chi connectivity index (χ0n) is 15.9. The molecule has 28 heavy (non-hydrogen) atoms. The maximum Gasteiger partial charge on any atom is 0.298 e. The molecule has 1 fully saturated rings. The summed E-state index contributed by atoms with van der Waals surface area (Å²) in [7, 11) is 0. The van der Waals surface area contributed by atoms with Crippen molar-refractivity contribution in [3.8, 4) is 5.75 Å². The van der Waals surface area contributed by atoms with Crippen LogP contribution in [0, 0.1) is 13.8 Å². The minimum absolute atomic E-state index is 0.184. The number of anilines is 1. The van der Waals surface area contributed by atoms with Gasteiger partial charge in [-0.1, -0.05) is 17.7 Å². The van der Waals surface area contributed by atoms with E-state index < -0.39 is 5.60 Å². The molecular formula is C22H21ClN2O3. The highest BCUT2D eigenvalue weighted by Gasteiger charge is 2.44. The average molecular weight is 397 g/mol. The van der Waals surface area contributed by atoms with Gasteiger partial charge in [-0.05, 0) is 49.2 Å². The summed E-state index contributed by atoms with van der Waals surface area (Å²) in [5.74, 6) is 0.919. The van der Waals surface area contributed by atoms with Crippen LogP contribution in [0.1, 0.15) is 40.7 Å². The van der Waals surface area contributed by atoms with E-state index >= 15 is 0 Å². The van der Waals surface area contributed by atoms with Crippen LogP contribution in [0.15, 0.2) is 34.7 Å². The molecule has 144 valence electrons. The van der Waals surface area contributed by atoms with Crippen molar-refractivity contribution in [1.82, 2.24) is 4.98 Å². The van der Waals surface area contributed by atoms with E-state index in [2.05, 4.69) is 9.88 Å². The molecule has 2 aliphatic heterocycles. The summed E-state index contributed by atoms with van der Waals surface area (Å²) in [6, 6.07) is 10.1. The van der Waals surface area contributed by atoms with E-state index in [0.717, 1.165) is 59.5 Å². The second-order valence-electron chi connectivity index (χ2n) is 7.94. The van der Waals surface area contributed by atoms with Gasteiger partial charge in [-0.15, -0.1) is 0 Å². The molecular weight excluding hydrogens is 376 g/mol. The Bertz CT molecular complexity index is 1100. The van der Waals surface area contributed by atoms with Gasteiger partial charge in [0.1, 0.15) is 16.9 Å². The van der Waals surface area contributed by atoms with Crippen LogP contribution in [0.3, 0.4) is 0 Å². The second kappa shape index (κ2) is 6.24. The Kier molecular flexibility index (Phi) is 3.91. The van der Waals surface area contributed by atoms with Crippen LogP contribution in [0.5, 0.6) is 5.75 Å². The molecule has 2 aromatic carbocycles. The quantitative estimate of drug-likeness (QED) is 0.572. The van der Waals surface area contributed by atoms with Crippen LogP contribution in [0.2, 0.25) is 5.02 Å². The van der Waals surface area contributed by atoms with Gasteiger partial charge in [0.05, 0.1) is 12.0 Å². The second-order valence-corrected chi connectivity index (χ2v) is 8.37. The summed E-state index contributed by atoms with van der Waals surface area (Å²) in [4.78, 5) is 19.5. The normalized spacial score (nSPS) is 18.4. The topological polar surface area (TPSA) is 55.6 Å². The number of carbonyl (C=O) groups excluding carboxylic acids is 1. The predicted molar refractivity (Wildman–Crippen MR) is 109 cm³/mol. The van der Waals surface area contributed by atoms with Crippen LogP contribution in [0.25, 0.3) is 11.1 Å². The van der Waals surface area contributed by atoms with Gasteiger partial charge < -0.3 is 14.1 Å². The van der Waals surface area contributed by atoms with Gasteiger partial charge in [-0.3, -0.25) is 4.79 Å². The van der Waals surface area contributed by atoms with Gasteiger partial charge in [-0.2, -0.15) is 4.98 Å². The van der Waals surface area contributed by atoms with Crippen molar-refractivity contribution in [3.63, 3.8) is 0 Å². The lowest BCUT2D eigenvalue weighted by atomic mass is 9.81. The van der Waals surface area contributed by atoms with E-state index in [9.17, 15) is 4.79 Å². The number of hydrogen-bond acceptors (Lipinski definition) is 5. The number of hydrogen-bond donors (Lipinski definition) is 0. The summed E-state index contributed by atoms with van der Waals surface area (Å²) in [5, 5.41) is 0.642. The molecule has 5 nitrogen and oxygen atoms in total. The van der Waals surface area contributed by atoms with Crippen LogP contribution >= 0.6 is 11.6 Å². The van der Waals surface area contributed by atoms with Crippen LogP contribution < -0.4 is 9.64 Å². The predicted octanol–water partition coefficient (Wildman–Crippen LogP) is 5.10. The molecule has 3 aromatic rings. The van der Waals surface area contributed by atoms with E-state index in [-0.39, 0.29) is 5.78 Å². The number of halogens is 1. The third-order valence-corrected chi connectivity index (χ3v) is 6.05. The first-order valence-corrected chi connectivity index (χ1v) is 9.95. The molecule has 1 saturated heterocycles. The van der Waals surface area contributed by atoms with Crippen molar-refractivity contribution in [1.29, 1.82) is 0 Å². The number of ketones is 1. The van der Waals surface area contributed by atoms with Crippen LogP contribution in [-0.2, 0) is 0 Å². The number of piperidine rings is 1. The molecule has 0 bridgehead atoms. The Morgan fingerprint density at radius 2 is 1.93 bits per heavy atom. The molecule has 0 amide bonds. The fraction of sp³-hybridized carbons (Fsp3) is 0.364. The molecule has 5 rings (SSSR count). The lowest BCUT2D eigenvalue weighted by Crippen LogP contribution is -2.51. The first-order valence-electron chi connectivity index (χ1n) is 9.57. The highest BCUT2D eigenvalue weighted by Crippen LogP contribution is 2.41. The van der Waals surface area contributed by atoms with Crippen molar-refractivity contribution in [2.75, 3.05) is 18.0 Å². The number of benzene rings is 2. The molecule has 0 saturated carbocycles. The SMILES string of the molecule is Cc1cc(C)c2c(c1)OC1(CCN(c3nc4cc(Cl)ccc4o3)CC1)CC2=O. The van der Waals surface area contributed by atoms with Crippen LogP contribution in [-0.4, -0.2) is 29.5 Å². The summed E-state index contributed by atoms with van der Waals surface area (Å²) in [5.41, 5.74) is 3.90. The van der Waals surface area contributed by atoms with Crippen molar-refractivity contribution < 1.29 is 13.9 Å². The molecule has 3 heterocycles. The smallest absolute Gasteiger partial charge is 0.298 e. The Labute approximate surface area is 168 Å². The standard InChI is InChI=1S/C22H21ClN2O3/c1-13-9-14(2)20-17(26)12-22(28-19(20)10-13)5-7-25(8-6-22)21-24-16-11-15(23)3-4-18(16)27-21/h3-4,9-11H,5-8,12H2,1-2H3. The van der Waals surface area contributed by atoms with Gasteiger partial charge in [0, 0.05) is 31.0 Å². The maximum absolute atomic E-state index is 12.9. The molecule has 0 unspecified atom stereocenters. The summed E-state index contributed by atoms with van der Waals surface area (Å²) in [6.07, 6.45) is 1.94. The maximum atomic E-state index is 12.9. The monoisotopic (exact) mass is 396 g/mol. The van der Waals surface area contributed by atoms with E-state index in [4.69, 9.17) is 20.8 Å². The van der Waals surface area contributed by atoms with Gasteiger partial charge in [0.25, 0.3) is 6.01 Å². The van der Waals surface area contributed by atoms with Crippen LogP contribution in [0.4, 0.5) is 6.01 Å². The van der Waals surface area contributed by atoms with E-state index in [0.29, 0.717) is 17.5 Å². The number of carbonyl (C=O) groups is 1. The summed E-state index contributed by atoms with van der Waals surface area (Å²) >= 11 is 6.04. The Hall–Kier alpha value is -2.53. The van der Waals surface area contributed by atoms with E-state index in [1.807, 2.05) is 32.0 Å². The number of rotatable bonds is 1. The molecule has 6 heteroatoms. The zero-order valence-corrected chi connectivity index (χ0v) is 16.7. The summed E-state index contributed by atoms with van der Waals surface area (Å²) < 4.78 is 12.3. The summed E-state index contributed by atoms with van der Waals surface area (Å²) in [6.45, 7) is 5.47. The van der Waals surface area contributed by atoms with Gasteiger partial charge in [-0.25, -0.2) is 0 Å². The molecule has 0 atom stereocenters. The van der Waals surface area contributed by atoms with Gasteiger partial charge in [0.15, 0.2) is 11.4 Å². The molecule has 0 N–H and O–H groups in total. The van der Waals surface area contributed by atoms with Gasteiger partial charge >= 0.3 is 0 Å². The number of ether oxygens (including phenoxy) is 1. The Balaban J connectivity index is 1.38. The Morgan fingerprint density at radius 1 is 1.14 bits per heavy atom. The van der Waals surface area contributed by atoms with Crippen molar-refractivity contribution in [2.45, 2.75) is 38.7 Å². The Morgan fingerprint density at radius 3 is 2.71 bits per heavy atom. The molecule has 0 radical (unpaired) electrons. The third-order valence-electron chi connectivity index (χ3n) is 5.82. The molecule has 0 aliphatic carbocycles. The fourth-order valence-electron chi connectivity index (χ4n) is 4.42. The molecule has 1 aromatic heterocycles. The van der Waals surface area contributed by atoms with E-state index in [1.54, 1.807) is 12.1 Å². The fourth-order valence-corrected chi connectivity index (χ4v) is 4.59. The number of aromatic nitrogens is 1. The molecule has 2 aliphatic rings. The number of oxazole rings is 1. The first-order chi connectivity index (χ1) is 13.4. The minimum atomic E-state index is -0.434. The first kappa shape index (κ1) is 17.6. The lowest BCUT2D eigenvalue weighted by Gasteiger charge is -2.43. The van der Waals surface area contributed by atoms with E-state index in [1.165, 1.54) is 0 Å². The van der Waals surface area contributed by atoms with Crippen molar-refractivity contribution in [2.24, 2.45) is 0 Å². The highest BCUT2D eigenvalue weighted by molar-refractivity contribution is 6.31. The lowest BCUT2D eigenvalue weighted by molar-refractivity contribution is 0.0225.